The number of hydrogen-bond donors (Lipinski definition) is 1. The number of nitrogens with zero attached hydrogens (tertiary/aromatic N) is 2. The largest absolute Gasteiger partial charge is 0.451 e. The lowest BCUT2D eigenvalue weighted by Gasteiger charge is -2.01. The van der Waals surface area contributed by atoms with Crippen LogP contribution in [0.25, 0.3) is 11.0 Å². The second kappa shape index (κ2) is 6.33. The molecule has 1 aliphatic heterocycles. The standard InChI is InChI=1S/C18H19N3O4/c1-10-5-6-12-11(2)16(24-14(12)8-10)17(22)19-9-15-20-18(25-21-15)13-4-3-7-23-13/h5-6,8,13H,3-4,7,9H2,1-2H3,(H,19,22). The molecule has 3 aromatic rings. The number of fused-ring (bicyclic) bond motifs is 1. The number of aromatic nitrogens is 2. The number of furan rings is 1. The summed E-state index contributed by atoms with van der Waals surface area (Å²) in [4.78, 5) is 16.7. The fraction of sp³-hybridized carbons (Fsp3) is 0.389. The maximum Gasteiger partial charge on any atom is 0.287 e. The van der Waals surface area contributed by atoms with Crippen LogP contribution in [0.15, 0.2) is 27.1 Å². The van der Waals surface area contributed by atoms with Crippen molar-refractivity contribution in [3.63, 3.8) is 0 Å². The number of ether oxygens (including phenoxy) is 1. The third kappa shape index (κ3) is 3.02. The molecule has 7 heteroatoms. The van der Waals surface area contributed by atoms with Gasteiger partial charge >= 0.3 is 0 Å². The van der Waals surface area contributed by atoms with E-state index in [1.54, 1.807) is 0 Å². The average molecular weight is 341 g/mol. The van der Waals surface area contributed by atoms with Crippen LogP contribution in [-0.2, 0) is 11.3 Å². The number of aryl methyl sites for hydroxylation is 2. The van der Waals surface area contributed by atoms with Crippen molar-refractivity contribution in [2.45, 2.75) is 39.3 Å². The number of nitrogens with one attached hydrogen (secondary N) is 1. The quantitative estimate of drug-likeness (QED) is 0.783. The zero-order valence-corrected chi connectivity index (χ0v) is 14.2. The fourth-order valence-electron chi connectivity index (χ4n) is 3.03. The maximum absolute atomic E-state index is 12.4. The Morgan fingerprint density at radius 2 is 2.24 bits per heavy atom. The molecule has 3 heterocycles. The summed E-state index contributed by atoms with van der Waals surface area (Å²) < 4.78 is 16.4. The van der Waals surface area contributed by atoms with E-state index in [4.69, 9.17) is 13.7 Å². The molecule has 0 aliphatic carbocycles. The lowest BCUT2D eigenvalue weighted by atomic mass is 10.1. The molecule has 0 saturated carbocycles. The van der Waals surface area contributed by atoms with Gasteiger partial charge in [0.1, 0.15) is 11.7 Å². The minimum absolute atomic E-state index is 0.127. The van der Waals surface area contributed by atoms with E-state index < -0.39 is 0 Å². The molecule has 130 valence electrons. The first kappa shape index (κ1) is 15.8. The molecule has 1 N–H and O–H groups in total. The molecule has 25 heavy (non-hydrogen) atoms. The summed E-state index contributed by atoms with van der Waals surface area (Å²) in [7, 11) is 0. The number of hydrogen-bond acceptors (Lipinski definition) is 6. The van der Waals surface area contributed by atoms with Crippen molar-refractivity contribution in [1.82, 2.24) is 15.5 Å². The third-order valence-electron chi connectivity index (χ3n) is 4.40. The number of carbonyl (C=O) groups excluding carboxylic acids is 1. The summed E-state index contributed by atoms with van der Waals surface area (Å²) in [5, 5.41) is 7.61. The topological polar surface area (TPSA) is 90.4 Å². The van der Waals surface area contributed by atoms with E-state index >= 15 is 0 Å². The van der Waals surface area contributed by atoms with Crippen molar-refractivity contribution >= 4 is 16.9 Å². The van der Waals surface area contributed by atoms with Crippen LogP contribution >= 0.6 is 0 Å². The molecule has 4 rings (SSSR count). The number of amides is 1. The van der Waals surface area contributed by atoms with Gasteiger partial charge in [0.2, 0.25) is 0 Å². The minimum Gasteiger partial charge on any atom is -0.451 e. The lowest BCUT2D eigenvalue weighted by Crippen LogP contribution is -2.23. The zero-order valence-electron chi connectivity index (χ0n) is 14.2. The number of rotatable bonds is 4. The Hall–Kier alpha value is -2.67. The normalized spacial score (nSPS) is 17.3. The van der Waals surface area contributed by atoms with Gasteiger partial charge in [0.05, 0.1) is 6.54 Å². The van der Waals surface area contributed by atoms with Gasteiger partial charge in [-0.2, -0.15) is 4.98 Å². The van der Waals surface area contributed by atoms with Crippen molar-refractivity contribution < 1.29 is 18.5 Å². The number of carbonyl (C=O) groups is 1. The van der Waals surface area contributed by atoms with E-state index in [9.17, 15) is 4.79 Å². The average Bonchev–Trinajstić information content (AvgIpc) is 3.32. The first-order chi connectivity index (χ1) is 12.1. The highest BCUT2D eigenvalue weighted by Gasteiger charge is 2.24. The van der Waals surface area contributed by atoms with E-state index in [2.05, 4.69) is 15.5 Å². The van der Waals surface area contributed by atoms with E-state index in [1.807, 2.05) is 32.0 Å². The molecular formula is C18H19N3O4. The molecule has 1 saturated heterocycles. The van der Waals surface area contributed by atoms with Crippen molar-refractivity contribution in [3.05, 3.63) is 46.8 Å². The number of benzene rings is 1. The van der Waals surface area contributed by atoms with Crippen LogP contribution in [-0.4, -0.2) is 22.7 Å². The Kier molecular flexibility index (Phi) is 4.01. The molecule has 1 atom stereocenters. The summed E-state index contributed by atoms with van der Waals surface area (Å²) in [6, 6.07) is 5.89. The predicted octanol–water partition coefficient (Wildman–Crippen LogP) is 3.21. The van der Waals surface area contributed by atoms with Gasteiger partial charge in [0.25, 0.3) is 11.8 Å². The second-order valence-electron chi connectivity index (χ2n) is 6.29. The van der Waals surface area contributed by atoms with E-state index in [0.29, 0.717) is 29.7 Å². The van der Waals surface area contributed by atoms with E-state index in [-0.39, 0.29) is 18.6 Å². The third-order valence-corrected chi connectivity index (χ3v) is 4.40. The van der Waals surface area contributed by atoms with Crippen LogP contribution in [0.4, 0.5) is 0 Å². The predicted molar refractivity (Wildman–Crippen MR) is 89.1 cm³/mol. The lowest BCUT2D eigenvalue weighted by molar-refractivity contribution is 0.0835. The molecule has 1 aromatic carbocycles. The molecule has 0 bridgehead atoms. The van der Waals surface area contributed by atoms with Crippen LogP contribution in [0, 0.1) is 13.8 Å². The van der Waals surface area contributed by atoms with Gasteiger partial charge in [-0.1, -0.05) is 17.3 Å². The highest BCUT2D eigenvalue weighted by atomic mass is 16.5. The monoisotopic (exact) mass is 341 g/mol. The van der Waals surface area contributed by atoms with E-state index in [0.717, 1.165) is 29.4 Å². The molecule has 0 radical (unpaired) electrons. The van der Waals surface area contributed by atoms with Crippen molar-refractivity contribution in [1.29, 1.82) is 0 Å². The van der Waals surface area contributed by atoms with Crippen LogP contribution in [0.5, 0.6) is 0 Å². The Morgan fingerprint density at radius 1 is 1.36 bits per heavy atom. The van der Waals surface area contributed by atoms with E-state index in [1.165, 1.54) is 0 Å². The van der Waals surface area contributed by atoms with Crippen LogP contribution in [0.2, 0.25) is 0 Å². The Labute approximate surface area is 144 Å². The summed E-state index contributed by atoms with van der Waals surface area (Å²) in [6.07, 6.45) is 1.74. The Balaban J connectivity index is 1.46. The van der Waals surface area contributed by atoms with Gasteiger partial charge in [-0.25, -0.2) is 0 Å². The molecule has 7 nitrogen and oxygen atoms in total. The van der Waals surface area contributed by atoms with Crippen LogP contribution < -0.4 is 5.32 Å². The minimum atomic E-state index is -0.296. The SMILES string of the molecule is Cc1ccc2c(C)c(C(=O)NCc3noc(C4CCCO4)n3)oc2c1. The molecule has 2 aromatic heterocycles. The van der Waals surface area contributed by atoms with Gasteiger partial charge in [0.15, 0.2) is 11.6 Å². The summed E-state index contributed by atoms with van der Waals surface area (Å²) in [5.74, 6) is 0.902. The summed E-state index contributed by atoms with van der Waals surface area (Å²) >= 11 is 0. The van der Waals surface area contributed by atoms with Gasteiger partial charge in [-0.3, -0.25) is 4.79 Å². The Bertz CT molecular complexity index is 922. The van der Waals surface area contributed by atoms with Crippen molar-refractivity contribution in [2.75, 3.05) is 6.61 Å². The van der Waals surface area contributed by atoms with Gasteiger partial charge < -0.3 is 19.0 Å². The highest BCUT2D eigenvalue weighted by molar-refractivity contribution is 5.98. The summed E-state index contributed by atoms with van der Waals surface area (Å²) in [5.41, 5.74) is 2.62. The molecule has 1 fully saturated rings. The first-order valence-electron chi connectivity index (χ1n) is 8.34. The molecule has 1 aliphatic rings. The van der Waals surface area contributed by atoms with Crippen molar-refractivity contribution in [3.8, 4) is 0 Å². The fourth-order valence-corrected chi connectivity index (χ4v) is 3.03. The second-order valence-corrected chi connectivity index (χ2v) is 6.29. The van der Waals surface area contributed by atoms with Crippen molar-refractivity contribution in [2.24, 2.45) is 0 Å². The molecule has 0 spiro atoms. The first-order valence-corrected chi connectivity index (χ1v) is 8.34. The van der Waals surface area contributed by atoms with Gasteiger partial charge in [-0.15, -0.1) is 0 Å². The Morgan fingerprint density at radius 3 is 3.04 bits per heavy atom. The molecular weight excluding hydrogens is 322 g/mol. The highest BCUT2D eigenvalue weighted by Crippen LogP contribution is 2.27. The zero-order chi connectivity index (χ0) is 17.4. The van der Waals surface area contributed by atoms with Crippen LogP contribution in [0.1, 0.15) is 52.3 Å². The van der Waals surface area contributed by atoms with Crippen LogP contribution in [0.3, 0.4) is 0 Å². The maximum atomic E-state index is 12.4. The summed E-state index contributed by atoms with van der Waals surface area (Å²) in [6.45, 7) is 4.74. The smallest absolute Gasteiger partial charge is 0.287 e. The molecule has 1 amide bonds. The van der Waals surface area contributed by atoms with Gasteiger partial charge in [-0.05, 0) is 38.3 Å². The van der Waals surface area contributed by atoms with Gasteiger partial charge in [0, 0.05) is 17.6 Å². The molecule has 1 unspecified atom stereocenters.